The zero-order valence-electron chi connectivity index (χ0n) is 22.4. The van der Waals surface area contributed by atoms with Gasteiger partial charge in [-0.25, -0.2) is 4.79 Å². The van der Waals surface area contributed by atoms with Crippen LogP contribution in [0.5, 0.6) is 0 Å². The Bertz CT molecular complexity index is 519. The highest BCUT2D eigenvalue weighted by Gasteiger charge is 2.25. The highest BCUT2D eigenvalue weighted by atomic mass is 16.7. The second-order valence-corrected chi connectivity index (χ2v) is 8.55. The van der Waals surface area contributed by atoms with Gasteiger partial charge in [0.1, 0.15) is 0 Å². The van der Waals surface area contributed by atoms with E-state index in [2.05, 4.69) is 27.4 Å². The normalized spacial score (nSPS) is 21.3. The highest BCUT2D eigenvalue weighted by Crippen LogP contribution is 2.22. The Morgan fingerprint density at radius 1 is 1.12 bits per heavy atom. The first-order chi connectivity index (χ1) is 15.5. The summed E-state index contributed by atoms with van der Waals surface area (Å²) < 4.78 is 21.3. The third kappa shape index (κ3) is 20.9. The number of aliphatic hydroxyl groups is 1. The predicted octanol–water partition coefficient (Wildman–Crippen LogP) is 5.72. The van der Waals surface area contributed by atoms with Crippen molar-refractivity contribution in [2.75, 3.05) is 6.61 Å². The molecule has 5 unspecified atom stereocenters. The van der Waals surface area contributed by atoms with E-state index in [-0.39, 0.29) is 37.5 Å². The van der Waals surface area contributed by atoms with Gasteiger partial charge in [-0.05, 0) is 66.2 Å². The molecule has 1 saturated heterocycles. The topological polar surface area (TPSA) is 91.3 Å². The molecule has 0 radical (unpaired) electrons. The van der Waals surface area contributed by atoms with Gasteiger partial charge in [0.2, 0.25) is 0 Å². The summed E-state index contributed by atoms with van der Waals surface area (Å²) in [5.74, 6) is -0.670. The van der Waals surface area contributed by atoms with Crippen molar-refractivity contribution in [1.29, 1.82) is 0 Å². The summed E-state index contributed by atoms with van der Waals surface area (Å²) in [7, 11) is 0. The molecule has 0 aromatic heterocycles. The van der Waals surface area contributed by atoms with Crippen LogP contribution in [0.15, 0.2) is 12.2 Å². The average molecular weight is 475 g/mol. The van der Waals surface area contributed by atoms with E-state index < -0.39 is 5.97 Å². The van der Waals surface area contributed by atoms with Crippen LogP contribution in [0.3, 0.4) is 0 Å². The summed E-state index contributed by atoms with van der Waals surface area (Å²) in [6.07, 6.45) is 7.42. The molecule has 0 amide bonds. The predicted molar refractivity (Wildman–Crippen MR) is 132 cm³/mol. The van der Waals surface area contributed by atoms with Crippen LogP contribution in [0.2, 0.25) is 0 Å². The highest BCUT2D eigenvalue weighted by molar-refractivity contribution is 5.86. The first-order valence-corrected chi connectivity index (χ1v) is 12.5. The van der Waals surface area contributed by atoms with Crippen LogP contribution in [0.4, 0.5) is 0 Å². The van der Waals surface area contributed by atoms with Gasteiger partial charge < -0.3 is 24.1 Å². The molecule has 7 nitrogen and oxygen atoms in total. The molecule has 196 valence electrons. The van der Waals surface area contributed by atoms with Crippen molar-refractivity contribution in [2.24, 2.45) is 0 Å². The number of hydrogen-bond donors (Lipinski definition) is 1. The fourth-order valence-electron chi connectivity index (χ4n) is 2.49. The molecule has 1 rings (SSSR count). The molecule has 1 fully saturated rings. The largest absolute Gasteiger partial charge is 0.463 e. The molecule has 1 heterocycles. The van der Waals surface area contributed by atoms with Crippen LogP contribution in [0, 0.1) is 0 Å². The average Bonchev–Trinajstić information content (AvgIpc) is 2.76. The van der Waals surface area contributed by atoms with E-state index in [0.29, 0.717) is 24.2 Å². The molecule has 1 aliphatic heterocycles. The Labute approximate surface area is 202 Å². The van der Waals surface area contributed by atoms with Crippen LogP contribution >= 0.6 is 0 Å². The number of rotatable bonds is 11. The summed E-state index contributed by atoms with van der Waals surface area (Å²) in [4.78, 5) is 22.2. The molecule has 5 atom stereocenters. The Hall–Kier alpha value is -1.44. The lowest BCUT2D eigenvalue weighted by Crippen LogP contribution is -2.36. The van der Waals surface area contributed by atoms with E-state index in [9.17, 15) is 9.59 Å². The molecule has 0 aromatic carbocycles. The number of aliphatic hydroxyl groups excluding tert-OH is 1. The first kappa shape index (κ1) is 33.7. The molecule has 1 aliphatic rings. The summed E-state index contributed by atoms with van der Waals surface area (Å²) in [5.41, 5.74) is 0.363. The lowest BCUT2D eigenvalue weighted by atomic mass is 10.1. The summed E-state index contributed by atoms with van der Waals surface area (Å²) in [6, 6.07) is 0. The van der Waals surface area contributed by atoms with Crippen molar-refractivity contribution in [3.05, 3.63) is 12.2 Å². The molecule has 0 aromatic rings. The van der Waals surface area contributed by atoms with Crippen LogP contribution < -0.4 is 0 Å². The van der Waals surface area contributed by atoms with Crippen molar-refractivity contribution in [3.8, 4) is 0 Å². The minimum absolute atomic E-state index is 0.0505. The van der Waals surface area contributed by atoms with Gasteiger partial charge in [0.05, 0.1) is 31.0 Å². The van der Waals surface area contributed by atoms with Gasteiger partial charge >= 0.3 is 11.9 Å². The van der Waals surface area contributed by atoms with E-state index in [1.165, 1.54) is 0 Å². The van der Waals surface area contributed by atoms with Gasteiger partial charge in [-0.15, -0.1) is 0 Å². The Balaban J connectivity index is 0. The molecule has 33 heavy (non-hydrogen) atoms. The minimum Gasteiger partial charge on any atom is -0.463 e. The first-order valence-electron chi connectivity index (χ1n) is 12.5. The molecule has 0 saturated carbocycles. The lowest BCUT2D eigenvalue weighted by Gasteiger charge is -2.33. The fourth-order valence-corrected chi connectivity index (χ4v) is 2.49. The van der Waals surface area contributed by atoms with Gasteiger partial charge in [-0.1, -0.05) is 40.7 Å². The third-order valence-corrected chi connectivity index (χ3v) is 4.91. The number of ether oxygens (including phenoxy) is 4. The SMILES string of the molecule is C=C(C)C(=O)OCCCC(=O)OC(C)CC.CCC(C)O.CCCC1OC(C)CC(CC)O1. The number of carbonyl (C=O) groups is 2. The zero-order chi connectivity index (χ0) is 25.8. The number of carbonyl (C=O) groups excluding carboxylic acids is 2. The maximum Gasteiger partial charge on any atom is 0.333 e. The van der Waals surface area contributed by atoms with Crippen molar-refractivity contribution in [1.82, 2.24) is 0 Å². The maximum absolute atomic E-state index is 11.2. The van der Waals surface area contributed by atoms with Crippen molar-refractivity contribution >= 4 is 11.9 Å². The van der Waals surface area contributed by atoms with Gasteiger partial charge in [0, 0.05) is 12.0 Å². The van der Waals surface area contributed by atoms with E-state index in [1.54, 1.807) is 13.8 Å². The van der Waals surface area contributed by atoms with Gasteiger partial charge in [0.25, 0.3) is 0 Å². The standard InChI is InChI=1S/C12H20O4.C10H20O2.C4H10O/c1-5-10(4)16-11(13)7-6-8-15-12(14)9(2)3;1-4-6-10-11-8(3)7-9(5-2)12-10;1-3-4(2)5/h10H,2,5-8H2,1,3-4H3;8-10H,4-7H2,1-3H3;4-5H,3H2,1-2H3. The monoisotopic (exact) mass is 474 g/mol. The molecule has 7 heteroatoms. The summed E-state index contributed by atoms with van der Waals surface area (Å²) >= 11 is 0. The van der Waals surface area contributed by atoms with E-state index >= 15 is 0 Å². The van der Waals surface area contributed by atoms with Crippen molar-refractivity contribution in [2.45, 2.75) is 137 Å². The van der Waals surface area contributed by atoms with Gasteiger partial charge in [0.15, 0.2) is 6.29 Å². The number of esters is 2. The molecule has 0 aliphatic carbocycles. The Morgan fingerprint density at radius 3 is 2.18 bits per heavy atom. The van der Waals surface area contributed by atoms with E-state index in [4.69, 9.17) is 24.1 Å². The molecular weight excluding hydrogens is 424 g/mol. The summed E-state index contributed by atoms with van der Waals surface area (Å²) in [5, 5.41) is 8.36. The molecule has 0 bridgehead atoms. The summed E-state index contributed by atoms with van der Waals surface area (Å²) in [6.45, 7) is 19.2. The van der Waals surface area contributed by atoms with Crippen LogP contribution in [0.25, 0.3) is 0 Å². The second-order valence-electron chi connectivity index (χ2n) is 8.55. The van der Waals surface area contributed by atoms with Crippen LogP contribution in [-0.4, -0.2) is 54.4 Å². The molecule has 1 N–H and O–H groups in total. The number of hydrogen-bond acceptors (Lipinski definition) is 7. The Morgan fingerprint density at radius 2 is 1.73 bits per heavy atom. The van der Waals surface area contributed by atoms with E-state index in [0.717, 1.165) is 38.5 Å². The molecule has 0 spiro atoms. The van der Waals surface area contributed by atoms with Gasteiger partial charge in [-0.3, -0.25) is 4.79 Å². The smallest absolute Gasteiger partial charge is 0.333 e. The van der Waals surface area contributed by atoms with Crippen LogP contribution in [0.1, 0.15) is 107 Å². The lowest BCUT2D eigenvalue weighted by molar-refractivity contribution is -0.240. The third-order valence-electron chi connectivity index (χ3n) is 4.91. The minimum atomic E-state index is -0.421. The second kappa shape index (κ2) is 21.1. The van der Waals surface area contributed by atoms with Crippen LogP contribution in [-0.2, 0) is 28.5 Å². The van der Waals surface area contributed by atoms with Crippen molar-refractivity contribution < 1.29 is 33.6 Å². The zero-order valence-corrected chi connectivity index (χ0v) is 22.4. The van der Waals surface area contributed by atoms with Gasteiger partial charge in [-0.2, -0.15) is 0 Å². The molecular formula is C26H50O7. The van der Waals surface area contributed by atoms with E-state index in [1.807, 2.05) is 20.8 Å². The Kier molecular flexibility index (Phi) is 21.6. The fraction of sp³-hybridized carbons (Fsp3) is 0.846. The quantitative estimate of drug-likeness (QED) is 0.232. The maximum atomic E-state index is 11.2. The van der Waals surface area contributed by atoms with Crippen molar-refractivity contribution in [3.63, 3.8) is 0 Å².